The van der Waals surface area contributed by atoms with Crippen LogP contribution < -0.4 is 4.72 Å². The van der Waals surface area contributed by atoms with E-state index >= 15 is 0 Å². The van der Waals surface area contributed by atoms with Crippen molar-refractivity contribution < 1.29 is 12.9 Å². The number of aromatic nitrogens is 1. The molecule has 0 amide bonds. The number of sulfonamides is 1. The number of anilines is 1. The van der Waals surface area contributed by atoms with E-state index in [-0.39, 0.29) is 10.7 Å². The van der Waals surface area contributed by atoms with Crippen molar-refractivity contribution in [1.29, 1.82) is 0 Å². The quantitative estimate of drug-likeness (QED) is 0.791. The maximum absolute atomic E-state index is 12.8. The minimum absolute atomic E-state index is 0.200. The molecule has 6 heteroatoms. The Morgan fingerprint density at radius 3 is 2.26 bits per heavy atom. The summed E-state index contributed by atoms with van der Waals surface area (Å²) < 4.78 is 33.0. The van der Waals surface area contributed by atoms with Crippen molar-refractivity contribution in [3.05, 3.63) is 65.9 Å². The minimum Gasteiger partial charge on any atom is -0.359 e. The summed E-state index contributed by atoms with van der Waals surface area (Å²) in [5.41, 5.74) is 2.14. The topological polar surface area (TPSA) is 72.2 Å². The van der Waals surface area contributed by atoms with E-state index in [9.17, 15) is 8.42 Å². The Kier molecular flexibility index (Phi) is 3.92. The number of aryl methyl sites for hydroxylation is 1. The molecule has 118 valence electrons. The van der Waals surface area contributed by atoms with Gasteiger partial charge in [0, 0.05) is 11.1 Å². The molecule has 0 unspecified atom stereocenters. The second kappa shape index (κ2) is 5.89. The van der Waals surface area contributed by atoms with Gasteiger partial charge in [0.1, 0.15) is 5.76 Å². The van der Waals surface area contributed by atoms with Crippen LogP contribution in [0.3, 0.4) is 0 Å². The molecule has 0 atom stereocenters. The second-order valence-corrected chi connectivity index (χ2v) is 6.83. The van der Waals surface area contributed by atoms with Gasteiger partial charge in [0.25, 0.3) is 10.0 Å². The number of benzene rings is 2. The van der Waals surface area contributed by atoms with Crippen LogP contribution in [0.5, 0.6) is 0 Å². The third-order valence-corrected chi connectivity index (χ3v) is 5.05. The Morgan fingerprint density at radius 2 is 1.61 bits per heavy atom. The molecule has 5 nitrogen and oxygen atoms in total. The van der Waals surface area contributed by atoms with Gasteiger partial charge < -0.3 is 4.52 Å². The molecule has 0 aliphatic rings. The van der Waals surface area contributed by atoms with E-state index in [4.69, 9.17) is 4.52 Å². The SMILES string of the molecule is Cc1onc(NS(=O)(=O)c2ccccc2-c2ccccc2)c1C. The van der Waals surface area contributed by atoms with Gasteiger partial charge in [-0.1, -0.05) is 53.7 Å². The Labute approximate surface area is 135 Å². The Bertz CT molecular complexity index is 931. The molecule has 0 saturated carbocycles. The van der Waals surface area contributed by atoms with Gasteiger partial charge in [-0.05, 0) is 25.5 Å². The first-order chi connectivity index (χ1) is 11.0. The Morgan fingerprint density at radius 1 is 0.957 bits per heavy atom. The predicted molar refractivity (Wildman–Crippen MR) is 88.7 cm³/mol. The first kappa shape index (κ1) is 15.3. The van der Waals surface area contributed by atoms with E-state index in [2.05, 4.69) is 9.88 Å². The molecule has 3 aromatic rings. The minimum atomic E-state index is -3.77. The van der Waals surface area contributed by atoms with Crippen molar-refractivity contribution in [3.8, 4) is 11.1 Å². The molecular formula is C17H16N2O3S. The molecule has 0 aliphatic heterocycles. The maximum Gasteiger partial charge on any atom is 0.263 e. The van der Waals surface area contributed by atoms with Crippen molar-refractivity contribution in [2.45, 2.75) is 18.7 Å². The Hall–Kier alpha value is -2.60. The first-order valence-corrected chi connectivity index (χ1v) is 8.57. The smallest absolute Gasteiger partial charge is 0.263 e. The number of nitrogens with zero attached hydrogens (tertiary/aromatic N) is 1. The summed E-state index contributed by atoms with van der Waals surface area (Å²) in [4.78, 5) is 0.200. The van der Waals surface area contributed by atoms with Crippen LogP contribution in [0.1, 0.15) is 11.3 Å². The summed E-state index contributed by atoms with van der Waals surface area (Å²) in [6.45, 7) is 3.49. The summed E-state index contributed by atoms with van der Waals surface area (Å²) in [5, 5.41) is 3.76. The maximum atomic E-state index is 12.8. The van der Waals surface area contributed by atoms with E-state index in [0.29, 0.717) is 16.9 Å². The third-order valence-electron chi connectivity index (χ3n) is 3.65. The molecule has 0 radical (unpaired) electrons. The summed E-state index contributed by atoms with van der Waals surface area (Å²) in [5.74, 6) is 0.796. The lowest BCUT2D eigenvalue weighted by atomic mass is 10.1. The predicted octanol–water partition coefficient (Wildman–Crippen LogP) is 3.76. The molecule has 0 spiro atoms. The van der Waals surface area contributed by atoms with E-state index < -0.39 is 10.0 Å². The number of rotatable bonds is 4. The van der Waals surface area contributed by atoms with Gasteiger partial charge in [-0.25, -0.2) is 8.42 Å². The van der Waals surface area contributed by atoms with Gasteiger partial charge in [0.15, 0.2) is 5.82 Å². The van der Waals surface area contributed by atoms with Crippen LogP contribution in [0.2, 0.25) is 0 Å². The summed E-state index contributed by atoms with van der Waals surface area (Å²) >= 11 is 0. The molecule has 0 aliphatic carbocycles. The number of hydrogen-bond donors (Lipinski definition) is 1. The molecule has 0 bridgehead atoms. The lowest BCUT2D eigenvalue weighted by Crippen LogP contribution is -2.15. The molecule has 3 rings (SSSR count). The monoisotopic (exact) mass is 328 g/mol. The van der Waals surface area contributed by atoms with Crippen LogP contribution in [0.4, 0.5) is 5.82 Å². The van der Waals surface area contributed by atoms with E-state index in [0.717, 1.165) is 5.56 Å². The van der Waals surface area contributed by atoms with Crippen molar-refractivity contribution in [2.24, 2.45) is 0 Å². The summed E-state index contributed by atoms with van der Waals surface area (Å²) in [7, 11) is -3.77. The molecule has 2 aromatic carbocycles. The van der Waals surface area contributed by atoms with Gasteiger partial charge in [-0.15, -0.1) is 0 Å². The van der Waals surface area contributed by atoms with Crippen molar-refractivity contribution >= 4 is 15.8 Å². The second-order valence-electron chi connectivity index (χ2n) is 5.18. The zero-order valence-corrected chi connectivity index (χ0v) is 13.6. The highest BCUT2D eigenvalue weighted by atomic mass is 32.2. The molecule has 0 fully saturated rings. The largest absolute Gasteiger partial charge is 0.359 e. The molecule has 23 heavy (non-hydrogen) atoms. The van der Waals surface area contributed by atoms with E-state index in [1.54, 1.807) is 32.0 Å². The van der Waals surface area contributed by atoms with Crippen LogP contribution in [-0.2, 0) is 10.0 Å². The van der Waals surface area contributed by atoms with Crippen molar-refractivity contribution in [2.75, 3.05) is 4.72 Å². The van der Waals surface area contributed by atoms with Gasteiger partial charge in [-0.2, -0.15) is 0 Å². The number of hydrogen-bond acceptors (Lipinski definition) is 4. The molecule has 1 aromatic heterocycles. The van der Waals surface area contributed by atoms with Gasteiger partial charge in [-0.3, -0.25) is 4.72 Å². The van der Waals surface area contributed by atoms with E-state index in [1.165, 1.54) is 0 Å². The normalized spacial score (nSPS) is 11.4. The molecule has 1 heterocycles. The first-order valence-electron chi connectivity index (χ1n) is 7.09. The molecular weight excluding hydrogens is 312 g/mol. The highest BCUT2D eigenvalue weighted by Gasteiger charge is 2.22. The van der Waals surface area contributed by atoms with Crippen molar-refractivity contribution in [3.63, 3.8) is 0 Å². The average Bonchev–Trinajstić information content (AvgIpc) is 2.87. The number of nitrogens with one attached hydrogen (secondary N) is 1. The van der Waals surface area contributed by atoms with Crippen LogP contribution in [0, 0.1) is 13.8 Å². The van der Waals surface area contributed by atoms with Gasteiger partial charge in [0.05, 0.1) is 4.90 Å². The van der Waals surface area contributed by atoms with Crippen LogP contribution in [0.15, 0.2) is 64.0 Å². The van der Waals surface area contributed by atoms with Crippen LogP contribution >= 0.6 is 0 Å². The summed E-state index contributed by atoms with van der Waals surface area (Å²) in [6.07, 6.45) is 0. The fraction of sp³-hybridized carbons (Fsp3) is 0.118. The highest BCUT2D eigenvalue weighted by Crippen LogP contribution is 2.29. The zero-order valence-electron chi connectivity index (χ0n) is 12.8. The van der Waals surface area contributed by atoms with Crippen molar-refractivity contribution in [1.82, 2.24) is 5.16 Å². The fourth-order valence-corrected chi connectivity index (χ4v) is 3.54. The molecule has 1 N–H and O–H groups in total. The lowest BCUT2D eigenvalue weighted by Gasteiger charge is -2.11. The fourth-order valence-electron chi connectivity index (χ4n) is 2.25. The zero-order chi connectivity index (χ0) is 16.4. The lowest BCUT2D eigenvalue weighted by molar-refractivity contribution is 0.399. The van der Waals surface area contributed by atoms with E-state index in [1.807, 2.05) is 36.4 Å². The highest BCUT2D eigenvalue weighted by molar-refractivity contribution is 7.92. The standard InChI is InChI=1S/C17H16N2O3S/c1-12-13(2)22-18-17(12)19-23(20,21)16-11-7-6-10-15(16)14-8-4-3-5-9-14/h3-11H,1-2H3,(H,18,19). The average molecular weight is 328 g/mol. The Balaban J connectivity index is 2.06. The molecule has 0 saturated heterocycles. The third kappa shape index (κ3) is 2.98. The van der Waals surface area contributed by atoms with Crippen LogP contribution in [-0.4, -0.2) is 13.6 Å². The van der Waals surface area contributed by atoms with Crippen LogP contribution in [0.25, 0.3) is 11.1 Å². The van der Waals surface area contributed by atoms with Gasteiger partial charge >= 0.3 is 0 Å². The summed E-state index contributed by atoms with van der Waals surface area (Å²) in [6, 6.07) is 16.3. The van der Waals surface area contributed by atoms with Gasteiger partial charge in [0.2, 0.25) is 0 Å².